The van der Waals surface area contributed by atoms with E-state index in [1.54, 1.807) is 0 Å². The molecule has 0 spiro atoms. The fourth-order valence-electron chi connectivity index (χ4n) is 9.47. The lowest BCUT2D eigenvalue weighted by atomic mass is 9.94. The molecule has 0 bridgehead atoms. The zero-order chi connectivity index (χ0) is 55.5. The van der Waals surface area contributed by atoms with Gasteiger partial charge in [-0.2, -0.15) is 0 Å². The van der Waals surface area contributed by atoms with Crippen LogP contribution < -0.4 is 16.0 Å². The second-order valence-corrected chi connectivity index (χ2v) is 19.0. The number of aliphatic hydroxyl groups excluding tert-OH is 16. The Morgan fingerprint density at radius 1 is 0.373 bits per heavy atom. The maximum absolute atomic E-state index is 12.4. The maximum atomic E-state index is 12.4. The Labute approximate surface area is 426 Å². The van der Waals surface area contributed by atoms with E-state index < -0.39 is 235 Å². The highest BCUT2D eigenvalue weighted by Crippen LogP contribution is 2.34. The Hall–Kier alpha value is -2.67. The molecule has 6 rings (SSSR count). The van der Waals surface area contributed by atoms with Crippen LogP contribution in [0.5, 0.6) is 0 Å². The average Bonchev–Trinajstić information content (AvgIpc) is 3.36. The third-order valence-electron chi connectivity index (χ3n) is 13.6. The summed E-state index contributed by atoms with van der Waals surface area (Å²) < 4.78 is 62.9. The van der Waals surface area contributed by atoms with Crippen molar-refractivity contribution in [2.45, 2.75) is 212 Å². The van der Waals surface area contributed by atoms with Crippen molar-refractivity contribution in [1.82, 2.24) is 16.0 Å². The Balaban J connectivity index is 1.15. The maximum Gasteiger partial charge on any atom is 0.217 e. The summed E-state index contributed by atoms with van der Waals surface area (Å²) in [4.78, 5) is 37.1. The third-order valence-corrected chi connectivity index (χ3v) is 13.6. The summed E-state index contributed by atoms with van der Waals surface area (Å²) in [6.45, 7) is 0.238. The van der Waals surface area contributed by atoms with Crippen LogP contribution in [0.25, 0.3) is 0 Å². The van der Waals surface area contributed by atoms with Gasteiger partial charge in [0.25, 0.3) is 0 Å². The lowest BCUT2D eigenvalue weighted by Gasteiger charge is -2.48. The second-order valence-electron chi connectivity index (χ2n) is 19.0. The third kappa shape index (κ3) is 13.9. The van der Waals surface area contributed by atoms with Gasteiger partial charge in [-0.25, -0.2) is 0 Å². The molecular weight excluding hydrogens is 1030 g/mol. The summed E-state index contributed by atoms with van der Waals surface area (Å²) >= 11 is 0. The highest BCUT2D eigenvalue weighted by Gasteiger charge is 2.56. The number of nitrogens with one attached hydrogen (secondary N) is 3. The van der Waals surface area contributed by atoms with Gasteiger partial charge in [0.2, 0.25) is 17.7 Å². The average molecular weight is 1100 g/mol. The van der Waals surface area contributed by atoms with Gasteiger partial charge in [0.15, 0.2) is 37.7 Å². The molecule has 19 N–H and O–H groups in total. The van der Waals surface area contributed by atoms with E-state index in [9.17, 15) is 96.1 Å². The molecular formula is C42H71N3O30. The van der Waals surface area contributed by atoms with Crippen molar-refractivity contribution in [1.29, 1.82) is 0 Å². The van der Waals surface area contributed by atoms with E-state index in [0.717, 1.165) is 20.8 Å². The molecule has 3 amide bonds. The van der Waals surface area contributed by atoms with E-state index in [4.69, 9.17) is 52.1 Å². The number of amides is 3. The van der Waals surface area contributed by atoms with E-state index >= 15 is 0 Å². The van der Waals surface area contributed by atoms with Gasteiger partial charge in [-0.1, -0.05) is 0 Å². The normalized spacial score (nSPS) is 48.6. The highest BCUT2D eigenvalue weighted by molar-refractivity contribution is 5.74. The molecule has 33 nitrogen and oxygen atoms in total. The van der Waals surface area contributed by atoms with Crippen molar-refractivity contribution in [2.75, 3.05) is 33.0 Å². The molecule has 30 atom stereocenters. The molecule has 0 aromatic heterocycles. The fourth-order valence-corrected chi connectivity index (χ4v) is 9.47. The van der Waals surface area contributed by atoms with Crippen LogP contribution in [0.4, 0.5) is 0 Å². The van der Waals surface area contributed by atoms with Gasteiger partial charge in [-0.05, 0) is 6.92 Å². The second kappa shape index (κ2) is 26.5. The monoisotopic (exact) mass is 1100 g/mol. The van der Waals surface area contributed by atoms with Crippen LogP contribution in [0, 0.1) is 0 Å². The van der Waals surface area contributed by atoms with E-state index in [0.29, 0.717) is 0 Å². The zero-order valence-corrected chi connectivity index (χ0v) is 40.7. The fraction of sp³-hybridized carbons (Fsp3) is 0.929. The molecule has 6 aliphatic rings. The number of carbonyl (C=O) groups is 3. The van der Waals surface area contributed by atoms with Crippen molar-refractivity contribution in [2.24, 2.45) is 0 Å². The largest absolute Gasteiger partial charge is 0.394 e. The Kier molecular flexibility index (Phi) is 21.8. The lowest BCUT2D eigenvalue weighted by molar-refractivity contribution is -0.361. The lowest BCUT2D eigenvalue weighted by Crippen LogP contribution is -2.69. The van der Waals surface area contributed by atoms with E-state index in [2.05, 4.69) is 16.0 Å². The van der Waals surface area contributed by atoms with Gasteiger partial charge >= 0.3 is 0 Å². The van der Waals surface area contributed by atoms with Gasteiger partial charge in [0.1, 0.15) is 140 Å². The van der Waals surface area contributed by atoms with E-state index in [1.165, 1.54) is 6.92 Å². The molecule has 0 aliphatic carbocycles. The predicted molar refractivity (Wildman–Crippen MR) is 233 cm³/mol. The number of rotatable bonds is 18. The number of ether oxygens (including phenoxy) is 11. The molecule has 0 unspecified atom stereocenters. The van der Waals surface area contributed by atoms with Gasteiger partial charge < -0.3 is 150 Å². The molecule has 0 saturated carbocycles. The molecule has 6 saturated heterocycles. The summed E-state index contributed by atoms with van der Waals surface area (Å²) in [6, 6.07) is -4.83. The van der Waals surface area contributed by atoms with Crippen molar-refractivity contribution >= 4 is 17.7 Å². The van der Waals surface area contributed by atoms with Gasteiger partial charge in [-0.15, -0.1) is 0 Å². The summed E-state index contributed by atoms with van der Waals surface area (Å²) in [7, 11) is 0. The summed E-state index contributed by atoms with van der Waals surface area (Å²) in [5.41, 5.74) is 0. The van der Waals surface area contributed by atoms with Crippen LogP contribution >= 0.6 is 0 Å². The first-order valence-corrected chi connectivity index (χ1v) is 23.9. The molecule has 6 fully saturated rings. The van der Waals surface area contributed by atoms with Crippen molar-refractivity contribution < 1.29 is 148 Å². The molecule has 434 valence electrons. The molecule has 75 heavy (non-hydrogen) atoms. The van der Waals surface area contributed by atoms with Crippen LogP contribution in [-0.4, -0.2) is 317 Å². The molecule has 0 aromatic rings. The molecule has 0 aromatic carbocycles. The van der Waals surface area contributed by atoms with Gasteiger partial charge in [-0.3, -0.25) is 14.4 Å². The number of aliphatic hydroxyl groups is 16. The smallest absolute Gasteiger partial charge is 0.217 e. The van der Waals surface area contributed by atoms with Crippen molar-refractivity contribution in [3.8, 4) is 0 Å². The Morgan fingerprint density at radius 3 is 1.15 bits per heavy atom. The first-order valence-electron chi connectivity index (χ1n) is 23.9. The van der Waals surface area contributed by atoms with Crippen LogP contribution in [0.3, 0.4) is 0 Å². The van der Waals surface area contributed by atoms with Crippen LogP contribution in [0.15, 0.2) is 0 Å². The minimum atomic E-state index is -2.14. The topological polar surface area (TPSA) is 513 Å². The molecule has 33 heteroatoms. The van der Waals surface area contributed by atoms with Crippen LogP contribution in [-0.2, 0) is 66.5 Å². The first-order chi connectivity index (χ1) is 35.3. The standard InChI is InChI=1S/C42H71N3O30/c1-10-22(52)28(58)31(61)40(67-10)73-34-15(6-47)70-38(19(26(34)56)43-11(2)49)65-8-17-24(54)30(60)33(63)42(72-17)75-36-21(45-13(4)51)37(64)68-18(25(36)55)9-66-39-20(44-12(3)50)27(57)35(16(7-48)71-39)74-41-32(62)29(59)23(53)14(5-46)69-41/h10,14-42,46-48,52-64H,5-9H2,1-4H3,(H,43,49)(H,44,50)(H,45,51)/t10-,14+,15+,16+,17+,18+,19+,20+,21+,22+,23-,24-,25-,26+,27+,28+,29-,30-,31-,32+,33+,34+,35+,36+,37-,38+,39+,40-,41-,42-/m0/s1. The number of hydrogen-bond donors (Lipinski definition) is 19. The van der Waals surface area contributed by atoms with Gasteiger partial charge in [0, 0.05) is 20.8 Å². The zero-order valence-electron chi connectivity index (χ0n) is 40.7. The van der Waals surface area contributed by atoms with E-state index in [-0.39, 0.29) is 0 Å². The van der Waals surface area contributed by atoms with Gasteiger partial charge in [0.05, 0.1) is 39.1 Å². The summed E-state index contributed by atoms with van der Waals surface area (Å²) in [5, 5.41) is 178. The predicted octanol–water partition coefficient (Wildman–Crippen LogP) is -12.6. The molecule has 6 heterocycles. The molecule has 0 radical (unpaired) electrons. The SMILES string of the molecule is CC(=O)N[C@@H]1[C@@H](O[C@@H]2O[C@H](CO[C@@H]3O[C@H](CO)[C@@H](O[C@@H]4O[C@@H](C)[C@@H](O)[C@@H](O)[C@@H]4O)[C@H](O)[C@H]3NC(C)=O)[C@H](O)[C@H](O)[C@H]2O)[C@@H](O)[C@@H](CO[C@@H]2O[C@H](CO)[C@@H](O[C@@H]3O[C@H](CO)[C@H](O)[C@H](O)[C@H]3O)[C@H](O)[C@H]2NC(C)=O)O[C@@H]1O. The number of hydrogen-bond acceptors (Lipinski definition) is 30. The quantitative estimate of drug-likeness (QED) is 0.0606. The van der Waals surface area contributed by atoms with Crippen LogP contribution in [0.2, 0.25) is 0 Å². The van der Waals surface area contributed by atoms with E-state index in [1.807, 2.05) is 0 Å². The Bertz CT molecular complexity index is 1850. The minimum Gasteiger partial charge on any atom is -0.394 e. The highest BCUT2D eigenvalue weighted by atomic mass is 16.8. The van der Waals surface area contributed by atoms with Crippen molar-refractivity contribution in [3.05, 3.63) is 0 Å². The summed E-state index contributed by atoms with van der Waals surface area (Å²) in [5.74, 6) is -2.30. The van der Waals surface area contributed by atoms with Crippen LogP contribution in [0.1, 0.15) is 27.7 Å². The summed E-state index contributed by atoms with van der Waals surface area (Å²) in [6.07, 6.45) is -47.9. The molecule has 6 aliphatic heterocycles. The van der Waals surface area contributed by atoms with Crippen molar-refractivity contribution in [3.63, 3.8) is 0 Å². The number of carbonyl (C=O) groups excluding carboxylic acids is 3. The first kappa shape index (κ1) is 61.5. The Morgan fingerprint density at radius 2 is 0.720 bits per heavy atom. The minimum absolute atomic E-state index is 0.742.